The highest BCUT2D eigenvalue weighted by Gasteiger charge is 2.43. The van der Waals surface area contributed by atoms with Gasteiger partial charge in [-0.15, -0.1) is 0 Å². The number of likely N-dealkylation sites (tertiary alicyclic amines) is 1. The first-order chi connectivity index (χ1) is 18.8. The van der Waals surface area contributed by atoms with Crippen molar-refractivity contribution in [1.29, 1.82) is 0 Å². The van der Waals surface area contributed by atoms with Crippen molar-refractivity contribution in [2.45, 2.75) is 31.5 Å². The Bertz CT molecular complexity index is 1400. The van der Waals surface area contributed by atoms with Crippen molar-refractivity contribution >= 4 is 5.91 Å². The van der Waals surface area contributed by atoms with Crippen LogP contribution in [0.5, 0.6) is 0 Å². The maximum absolute atomic E-state index is 13.9. The molecule has 0 bridgehead atoms. The Labute approximate surface area is 221 Å². The highest BCUT2D eigenvalue weighted by atomic mass is 19.4. The monoisotopic (exact) mass is 541 g/mol. The summed E-state index contributed by atoms with van der Waals surface area (Å²) in [6.07, 6.45) is -2.95. The lowest BCUT2D eigenvalue weighted by Crippen LogP contribution is -2.32. The summed E-state index contributed by atoms with van der Waals surface area (Å²) in [6.45, 7) is 3.54. The van der Waals surface area contributed by atoms with E-state index in [0.717, 1.165) is 26.1 Å². The number of amides is 1. The van der Waals surface area contributed by atoms with Crippen LogP contribution in [-0.2, 0) is 11.0 Å². The molecule has 0 unspecified atom stereocenters. The predicted octanol–water partition coefficient (Wildman–Crippen LogP) is 4.71. The zero-order valence-electron chi connectivity index (χ0n) is 20.8. The fourth-order valence-corrected chi connectivity index (χ4v) is 4.51. The quantitative estimate of drug-likeness (QED) is 0.293. The van der Waals surface area contributed by atoms with Crippen LogP contribution in [-0.4, -0.2) is 57.4 Å². The first-order valence-electron chi connectivity index (χ1n) is 12.6. The zero-order chi connectivity index (χ0) is 27.4. The van der Waals surface area contributed by atoms with Crippen LogP contribution in [0.4, 0.5) is 13.2 Å². The summed E-state index contributed by atoms with van der Waals surface area (Å²) < 4.78 is 51.9. The molecule has 9 nitrogen and oxygen atoms in total. The maximum atomic E-state index is 13.9. The van der Waals surface area contributed by atoms with Gasteiger partial charge >= 0.3 is 6.18 Å². The van der Waals surface area contributed by atoms with E-state index in [1.54, 1.807) is 18.2 Å². The summed E-state index contributed by atoms with van der Waals surface area (Å²) in [5.74, 6) is -1.67. The predicted molar refractivity (Wildman–Crippen MR) is 134 cm³/mol. The minimum absolute atomic E-state index is 0.00295. The highest BCUT2D eigenvalue weighted by Crippen LogP contribution is 2.43. The van der Waals surface area contributed by atoms with E-state index in [4.69, 9.17) is 9.05 Å². The van der Waals surface area contributed by atoms with Crippen molar-refractivity contribution in [3.63, 3.8) is 0 Å². The fourth-order valence-electron chi connectivity index (χ4n) is 4.51. The molecule has 1 amide bonds. The number of aliphatic hydroxyl groups excluding tert-OH is 1. The van der Waals surface area contributed by atoms with Gasteiger partial charge in [0, 0.05) is 17.7 Å². The van der Waals surface area contributed by atoms with E-state index in [-0.39, 0.29) is 17.1 Å². The summed E-state index contributed by atoms with van der Waals surface area (Å²) in [7, 11) is 0. The van der Waals surface area contributed by atoms with Crippen LogP contribution in [0.15, 0.2) is 63.6 Å². The molecule has 1 atom stereocenters. The number of aliphatic hydroxyl groups is 1. The number of hydrogen-bond acceptors (Lipinski definition) is 8. The van der Waals surface area contributed by atoms with Gasteiger partial charge in [0.2, 0.25) is 11.6 Å². The van der Waals surface area contributed by atoms with Gasteiger partial charge in [-0.3, -0.25) is 4.79 Å². The van der Waals surface area contributed by atoms with Crippen LogP contribution in [0.25, 0.3) is 34.3 Å². The van der Waals surface area contributed by atoms with Crippen LogP contribution < -0.4 is 5.32 Å². The topological polar surface area (TPSA) is 118 Å². The fraction of sp³-hybridized carbons (Fsp3) is 0.333. The van der Waals surface area contributed by atoms with E-state index in [0.29, 0.717) is 17.7 Å². The van der Waals surface area contributed by atoms with Gasteiger partial charge in [0.1, 0.15) is 11.3 Å². The van der Waals surface area contributed by atoms with E-state index < -0.39 is 35.4 Å². The Balaban J connectivity index is 1.27. The van der Waals surface area contributed by atoms with Gasteiger partial charge in [-0.25, -0.2) is 0 Å². The van der Waals surface area contributed by atoms with E-state index in [2.05, 4.69) is 25.5 Å². The number of hydrogen-bond donors (Lipinski definition) is 2. The van der Waals surface area contributed by atoms with Gasteiger partial charge in [-0.05, 0) is 44.5 Å². The number of nitrogens with zero attached hydrogens (tertiary/aromatic N) is 4. The van der Waals surface area contributed by atoms with E-state index >= 15 is 0 Å². The van der Waals surface area contributed by atoms with Gasteiger partial charge in [-0.1, -0.05) is 64.9 Å². The minimum Gasteiger partial charge on any atom is -0.378 e. The van der Waals surface area contributed by atoms with Gasteiger partial charge in [0.25, 0.3) is 11.8 Å². The second-order valence-corrected chi connectivity index (χ2v) is 9.24. The average molecular weight is 542 g/mol. The summed E-state index contributed by atoms with van der Waals surface area (Å²) in [5, 5.41) is 20.5. The molecule has 1 aliphatic rings. The minimum atomic E-state index is -4.79. The van der Waals surface area contributed by atoms with Gasteiger partial charge < -0.3 is 24.4 Å². The van der Waals surface area contributed by atoms with E-state index in [9.17, 15) is 23.1 Å². The summed E-state index contributed by atoms with van der Waals surface area (Å²) in [5.41, 5.74) is -0.520. The molecule has 39 heavy (non-hydrogen) atoms. The summed E-state index contributed by atoms with van der Waals surface area (Å²) in [6, 6.07) is 13.9. The smallest absolute Gasteiger partial charge is 0.378 e. The second-order valence-electron chi connectivity index (χ2n) is 9.24. The third-order valence-electron chi connectivity index (χ3n) is 6.53. The van der Waals surface area contributed by atoms with Gasteiger partial charge in [0.05, 0.1) is 0 Å². The highest BCUT2D eigenvalue weighted by molar-refractivity contribution is 5.82. The van der Waals surface area contributed by atoms with Gasteiger partial charge in [-0.2, -0.15) is 18.2 Å². The molecule has 0 aliphatic carbocycles. The molecule has 0 spiro atoms. The SMILES string of the molecule is O=C(NCCCN1CCCC1)[C@H](O)c1ccc(-c2noc(-c3onc(-c4ccccc4)c3C(F)(F)F)n2)cc1. The Morgan fingerprint density at radius 1 is 1.00 bits per heavy atom. The van der Waals surface area contributed by atoms with Crippen molar-refractivity contribution in [3.8, 4) is 34.3 Å². The molecule has 2 aromatic carbocycles. The number of carbonyl (C=O) groups excluding carboxylic acids is 1. The van der Waals surface area contributed by atoms with Crippen LogP contribution in [0.1, 0.15) is 36.5 Å². The number of alkyl halides is 3. The molecule has 0 radical (unpaired) electrons. The molecule has 5 rings (SSSR count). The largest absolute Gasteiger partial charge is 0.422 e. The van der Waals surface area contributed by atoms with Crippen molar-refractivity contribution in [2.75, 3.05) is 26.2 Å². The lowest BCUT2D eigenvalue weighted by atomic mass is 10.1. The molecule has 1 fully saturated rings. The third kappa shape index (κ3) is 6.02. The molecule has 3 heterocycles. The number of carbonyl (C=O) groups is 1. The van der Waals surface area contributed by atoms with Crippen molar-refractivity contribution in [1.82, 2.24) is 25.5 Å². The molecule has 0 saturated carbocycles. The maximum Gasteiger partial charge on any atom is 0.422 e. The molecule has 12 heteroatoms. The number of aromatic nitrogens is 3. The Kier molecular flexibility index (Phi) is 7.75. The first-order valence-corrected chi connectivity index (χ1v) is 12.6. The summed E-state index contributed by atoms with van der Waals surface area (Å²) >= 11 is 0. The molecule has 4 aromatic rings. The van der Waals surface area contributed by atoms with E-state index in [1.807, 2.05) is 0 Å². The average Bonchev–Trinajstić information content (AvgIpc) is 3.71. The van der Waals surface area contributed by atoms with Crippen LogP contribution in [0, 0.1) is 0 Å². The lowest BCUT2D eigenvalue weighted by Gasteiger charge is -2.15. The molecule has 204 valence electrons. The molecule has 2 N–H and O–H groups in total. The molecular weight excluding hydrogens is 515 g/mol. The molecule has 1 saturated heterocycles. The summed E-state index contributed by atoms with van der Waals surface area (Å²) in [4.78, 5) is 18.8. The van der Waals surface area contributed by atoms with Crippen molar-refractivity contribution in [2.24, 2.45) is 0 Å². The van der Waals surface area contributed by atoms with Crippen LogP contribution in [0.2, 0.25) is 0 Å². The molecule has 2 aromatic heterocycles. The number of rotatable bonds is 9. The third-order valence-corrected chi connectivity index (χ3v) is 6.53. The number of nitrogens with one attached hydrogen (secondary N) is 1. The van der Waals surface area contributed by atoms with Crippen molar-refractivity contribution in [3.05, 3.63) is 65.7 Å². The normalized spacial score (nSPS) is 15.0. The number of benzene rings is 2. The van der Waals surface area contributed by atoms with Crippen LogP contribution >= 0.6 is 0 Å². The Morgan fingerprint density at radius 2 is 1.72 bits per heavy atom. The Hall–Kier alpha value is -4.03. The van der Waals surface area contributed by atoms with Crippen molar-refractivity contribution < 1.29 is 32.1 Å². The first kappa shape index (κ1) is 26.6. The number of halogens is 3. The zero-order valence-corrected chi connectivity index (χ0v) is 20.8. The van der Waals surface area contributed by atoms with Gasteiger partial charge in [0.15, 0.2) is 6.10 Å². The van der Waals surface area contributed by atoms with Crippen LogP contribution in [0.3, 0.4) is 0 Å². The Morgan fingerprint density at radius 3 is 2.41 bits per heavy atom. The lowest BCUT2D eigenvalue weighted by molar-refractivity contribution is -0.137. The standard InChI is InChI=1S/C27H26F3N5O4/c28-27(29,30)20-21(17-7-2-1-3-8-17)33-38-23(20)26-32-24(34-39-26)19-11-9-18(10-12-19)22(36)25(37)31-13-6-16-35-14-4-5-15-35/h1-3,7-12,22,36H,4-6,13-16H2,(H,31,37)/t22-/m1/s1. The van der Waals surface area contributed by atoms with E-state index in [1.165, 1.54) is 49.2 Å². The molecular formula is C27H26F3N5O4. The molecule has 1 aliphatic heterocycles. The second kappa shape index (κ2) is 11.4.